The number of amides is 2. The van der Waals surface area contributed by atoms with Gasteiger partial charge in [0.2, 0.25) is 0 Å². The number of methoxy groups -OCH3 is 1. The number of nitrogens with zero attached hydrogens (tertiary/aromatic N) is 4. The van der Waals surface area contributed by atoms with Crippen molar-refractivity contribution < 1.29 is 19.4 Å². The molecule has 0 bridgehead atoms. The Hall–Kier alpha value is -3.47. The number of carbonyl (C=O) groups excluding carboxylic acids is 2. The zero-order valence-corrected chi connectivity index (χ0v) is 32.0. The number of unbranched alkanes of at least 4 members (excludes halogenated alkanes) is 4. The molecule has 10 heteroatoms. The second-order valence-electron chi connectivity index (χ2n) is 14.1. The largest absolute Gasteiger partial charge is 0.497 e. The lowest BCUT2D eigenvalue weighted by atomic mass is 9.91. The predicted molar refractivity (Wildman–Crippen MR) is 207 cm³/mol. The highest BCUT2D eigenvalue weighted by molar-refractivity contribution is 7.95. The number of hydrogen-bond acceptors (Lipinski definition) is 8. The van der Waals surface area contributed by atoms with Crippen molar-refractivity contribution in [2.45, 2.75) is 83.7 Å². The van der Waals surface area contributed by atoms with Crippen LogP contribution in [0.15, 0.2) is 77.8 Å². The maximum atomic E-state index is 13.3. The van der Waals surface area contributed by atoms with Crippen LogP contribution in [-0.4, -0.2) is 97.1 Å². The molecule has 2 N–H and O–H groups in total. The maximum Gasteiger partial charge on any atom is 0.262 e. The van der Waals surface area contributed by atoms with Crippen LogP contribution in [0.3, 0.4) is 0 Å². The molecule has 4 rings (SSSR count). The molecular weight excluding hydrogens is 647 g/mol. The number of nitrogens with one attached hydrogen (secondary N) is 1. The van der Waals surface area contributed by atoms with E-state index in [9.17, 15) is 14.7 Å². The standard InChI is InChI=1S/C40H59N5O4S/c1-8-9-10-11-12-15-31(3)36-18-17-33(38(46)41-50-42(5)6)28-37(36)45-21-14-13-16-35(49-7)27-30(2)26-34(29-45)32(4)43-22-24-44(25-23-43)39(47)40(48)19-20-40/h13-14,16-18,26-28,31,48H,4,8-12,15,19-25,29H2,1-3,5-7H3,(H,41,46)/b14-13+,30-27+,34-26+,35-16+. The van der Waals surface area contributed by atoms with E-state index in [1.165, 1.54) is 49.8 Å². The first-order valence-electron chi connectivity index (χ1n) is 18.2. The zero-order valence-electron chi connectivity index (χ0n) is 31.2. The van der Waals surface area contributed by atoms with Gasteiger partial charge in [0.25, 0.3) is 11.8 Å². The summed E-state index contributed by atoms with van der Waals surface area (Å²) in [4.78, 5) is 32.6. The minimum Gasteiger partial charge on any atom is -0.497 e. The number of aliphatic hydroxyl groups is 1. The summed E-state index contributed by atoms with van der Waals surface area (Å²) in [5.41, 5.74) is 4.74. The van der Waals surface area contributed by atoms with E-state index < -0.39 is 5.60 Å². The molecule has 2 amide bonds. The summed E-state index contributed by atoms with van der Waals surface area (Å²) in [7, 11) is 5.48. The van der Waals surface area contributed by atoms with Crippen molar-refractivity contribution in [3.63, 3.8) is 0 Å². The fourth-order valence-electron chi connectivity index (χ4n) is 6.53. The van der Waals surface area contributed by atoms with Crippen LogP contribution in [0.2, 0.25) is 0 Å². The predicted octanol–water partition coefficient (Wildman–Crippen LogP) is 6.97. The molecule has 1 unspecified atom stereocenters. The normalized spacial score (nSPS) is 22.2. The molecule has 2 fully saturated rings. The van der Waals surface area contributed by atoms with Gasteiger partial charge in [-0.15, -0.1) is 0 Å². The lowest BCUT2D eigenvalue weighted by Crippen LogP contribution is -2.52. The first-order valence-corrected chi connectivity index (χ1v) is 19.0. The van der Waals surface area contributed by atoms with Crippen molar-refractivity contribution in [3.05, 3.63) is 88.9 Å². The Bertz CT molecular complexity index is 1470. The van der Waals surface area contributed by atoms with Gasteiger partial charge in [-0.1, -0.05) is 76.8 Å². The molecule has 2 heterocycles. The van der Waals surface area contributed by atoms with Crippen LogP contribution < -0.4 is 9.62 Å². The molecule has 0 radical (unpaired) electrons. The van der Waals surface area contributed by atoms with Gasteiger partial charge in [-0.3, -0.25) is 14.3 Å². The van der Waals surface area contributed by atoms with Crippen LogP contribution in [0.5, 0.6) is 0 Å². The summed E-state index contributed by atoms with van der Waals surface area (Å²) in [5.74, 6) is 0.790. The van der Waals surface area contributed by atoms with Crippen molar-refractivity contribution in [3.8, 4) is 0 Å². The molecule has 1 aliphatic carbocycles. The molecule has 0 spiro atoms. The monoisotopic (exact) mass is 705 g/mol. The second kappa shape index (κ2) is 18.7. The molecule has 1 saturated carbocycles. The van der Waals surface area contributed by atoms with Crippen molar-refractivity contribution >= 4 is 29.6 Å². The van der Waals surface area contributed by atoms with E-state index in [0.29, 0.717) is 63.6 Å². The highest BCUT2D eigenvalue weighted by Crippen LogP contribution is 2.38. The number of carbonyl (C=O) groups is 2. The van der Waals surface area contributed by atoms with Gasteiger partial charge < -0.3 is 24.5 Å². The van der Waals surface area contributed by atoms with Gasteiger partial charge >= 0.3 is 0 Å². The third-order valence-corrected chi connectivity index (χ3v) is 10.4. The van der Waals surface area contributed by atoms with Gasteiger partial charge in [-0.2, -0.15) is 0 Å². The molecule has 1 atom stereocenters. The first-order chi connectivity index (χ1) is 23.9. The SMILES string of the molecule is C=C(/C1=C/C(C)=C/C(OC)=C\C=C\CN(c2cc(C(=O)NSN(C)C)ccc2C(C)CCCCCCC)C1)N1CCN(C(=O)C2(O)CC2)CC1. The van der Waals surface area contributed by atoms with Crippen LogP contribution in [0.1, 0.15) is 94.0 Å². The third kappa shape index (κ3) is 11.0. The molecule has 0 aromatic heterocycles. The summed E-state index contributed by atoms with van der Waals surface area (Å²) in [5, 5.41) is 10.4. The molecule has 2 aliphatic heterocycles. The molecule has 1 saturated heterocycles. The Kier molecular flexibility index (Phi) is 14.7. The lowest BCUT2D eigenvalue weighted by Gasteiger charge is -2.39. The molecule has 274 valence electrons. The Morgan fingerprint density at radius 2 is 1.78 bits per heavy atom. The van der Waals surface area contributed by atoms with Gasteiger partial charge in [0, 0.05) is 68.4 Å². The molecule has 1 aromatic rings. The summed E-state index contributed by atoms with van der Waals surface area (Å²) in [6, 6.07) is 6.15. The average molecular weight is 706 g/mol. The molecule has 1 aromatic carbocycles. The minimum absolute atomic E-state index is 0.132. The van der Waals surface area contributed by atoms with Crippen molar-refractivity contribution in [2.24, 2.45) is 0 Å². The van der Waals surface area contributed by atoms with Crippen LogP contribution in [0, 0.1) is 0 Å². The second-order valence-corrected chi connectivity index (χ2v) is 15.2. The topological polar surface area (TPSA) is 88.6 Å². The summed E-state index contributed by atoms with van der Waals surface area (Å²) in [6.07, 6.45) is 18.7. The van der Waals surface area contributed by atoms with E-state index in [1.54, 1.807) is 12.0 Å². The van der Waals surface area contributed by atoms with Gasteiger partial charge in [0.05, 0.1) is 7.11 Å². The van der Waals surface area contributed by atoms with E-state index in [1.807, 2.05) is 42.7 Å². The fourth-order valence-corrected chi connectivity index (χ4v) is 6.91. The van der Waals surface area contributed by atoms with Crippen molar-refractivity contribution in [1.82, 2.24) is 18.8 Å². The van der Waals surface area contributed by atoms with Crippen molar-refractivity contribution in [2.75, 3.05) is 65.4 Å². The summed E-state index contributed by atoms with van der Waals surface area (Å²) >= 11 is 1.27. The number of hydrogen-bond donors (Lipinski definition) is 2. The molecule has 3 aliphatic rings. The molecular formula is C40H59N5O4S. The van der Waals surface area contributed by atoms with Gasteiger partial charge in [-0.05, 0) is 87.2 Å². The number of anilines is 1. The summed E-state index contributed by atoms with van der Waals surface area (Å²) in [6.45, 7) is 14.8. The molecule has 50 heavy (non-hydrogen) atoms. The number of allylic oxidation sites excluding steroid dienone is 5. The lowest BCUT2D eigenvalue weighted by molar-refractivity contribution is -0.144. The highest BCUT2D eigenvalue weighted by atomic mass is 32.2. The van der Waals surface area contributed by atoms with Crippen molar-refractivity contribution in [1.29, 1.82) is 0 Å². The Morgan fingerprint density at radius 1 is 1.08 bits per heavy atom. The average Bonchev–Trinajstić information content (AvgIpc) is 3.87. The third-order valence-electron chi connectivity index (χ3n) is 9.76. The smallest absolute Gasteiger partial charge is 0.262 e. The number of rotatable bonds is 15. The zero-order chi connectivity index (χ0) is 36.3. The van der Waals surface area contributed by atoms with E-state index in [-0.39, 0.29) is 11.8 Å². The Morgan fingerprint density at radius 3 is 2.44 bits per heavy atom. The van der Waals surface area contributed by atoms with Crippen LogP contribution >= 0.6 is 12.1 Å². The van der Waals surface area contributed by atoms with Crippen LogP contribution in [0.25, 0.3) is 0 Å². The maximum absolute atomic E-state index is 13.3. The quantitative estimate of drug-likeness (QED) is 0.150. The number of piperazine rings is 1. The Balaban J connectivity index is 1.68. The number of benzene rings is 1. The van der Waals surface area contributed by atoms with Gasteiger partial charge in [-0.25, -0.2) is 4.31 Å². The Labute approximate surface area is 305 Å². The molecule has 9 nitrogen and oxygen atoms in total. The highest BCUT2D eigenvalue weighted by Gasteiger charge is 2.50. The van der Waals surface area contributed by atoms with Crippen LogP contribution in [-0.2, 0) is 9.53 Å². The van der Waals surface area contributed by atoms with E-state index in [0.717, 1.165) is 34.7 Å². The van der Waals surface area contributed by atoms with Crippen LogP contribution in [0.4, 0.5) is 5.69 Å². The fraction of sp³-hybridized carbons (Fsp3) is 0.550. The summed E-state index contributed by atoms with van der Waals surface area (Å²) < 4.78 is 10.5. The van der Waals surface area contributed by atoms with Gasteiger partial charge in [0.15, 0.2) is 0 Å². The van der Waals surface area contributed by atoms with E-state index >= 15 is 0 Å². The number of ether oxygens (including phenoxy) is 1. The van der Waals surface area contributed by atoms with E-state index in [2.05, 4.69) is 66.2 Å². The minimum atomic E-state index is -1.15. The van der Waals surface area contributed by atoms with Gasteiger partial charge in [0.1, 0.15) is 11.4 Å². The first kappa shape index (κ1) is 39.3. The van der Waals surface area contributed by atoms with E-state index in [4.69, 9.17) is 4.74 Å².